The number of benzene rings is 2. The van der Waals surface area contributed by atoms with Crippen molar-refractivity contribution in [2.75, 3.05) is 13.6 Å². The van der Waals surface area contributed by atoms with Crippen LogP contribution in [0.25, 0.3) is 22.0 Å². The van der Waals surface area contributed by atoms with E-state index in [1.807, 2.05) is 4.90 Å². The van der Waals surface area contributed by atoms with Crippen molar-refractivity contribution in [2.24, 2.45) is 5.92 Å². The molecule has 7 heteroatoms. The molecule has 0 bridgehead atoms. The van der Waals surface area contributed by atoms with Crippen molar-refractivity contribution in [1.82, 2.24) is 20.1 Å². The molecule has 2 aromatic carbocycles. The van der Waals surface area contributed by atoms with E-state index in [1.54, 1.807) is 18.9 Å². The maximum atomic E-state index is 13.9. The van der Waals surface area contributed by atoms with Crippen LogP contribution in [0, 0.1) is 12.8 Å². The van der Waals surface area contributed by atoms with Crippen LogP contribution in [0.2, 0.25) is 0 Å². The molecule has 1 saturated heterocycles. The van der Waals surface area contributed by atoms with Gasteiger partial charge in [0.15, 0.2) is 0 Å². The number of hydrogen-bond acceptors (Lipinski definition) is 3. The van der Waals surface area contributed by atoms with Crippen molar-refractivity contribution in [3.05, 3.63) is 59.3 Å². The molecule has 6 rings (SSSR count). The molecule has 3 amide bonds. The number of aliphatic hydroxyl groups excluding tert-OH is 1. The number of fused-ring (bicyclic) bond motifs is 5. The van der Waals surface area contributed by atoms with Crippen molar-refractivity contribution in [3.8, 4) is 11.1 Å². The Bertz CT molecular complexity index is 1390. The summed E-state index contributed by atoms with van der Waals surface area (Å²) in [5.41, 5.74) is 6.96. The molecule has 206 valence electrons. The fourth-order valence-electron chi connectivity index (χ4n) is 7.29. The highest BCUT2D eigenvalue weighted by molar-refractivity contribution is 5.97. The number of H-pyrrole nitrogens is 1. The Balaban J connectivity index is 1.35. The molecule has 1 aliphatic carbocycles. The van der Waals surface area contributed by atoms with E-state index >= 15 is 0 Å². The Kier molecular flexibility index (Phi) is 6.88. The van der Waals surface area contributed by atoms with Gasteiger partial charge in [0, 0.05) is 42.3 Å². The molecule has 1 saturated carbocycles. The molecule has 3 heterocycles. The van der Waals surface area contributed by atoms with Crippen molar-refractivity contribution in [3.63, 3.8) is 0 Å². The Labute approximate surface area is 230 Å². The summed E-state index contributed by atoms with van der Waals surface area (Å²) in [6.45, 7) is 4.40. The van der Waals surface area contributed by atoms with Gasteiger partial charge in [-0.2, -0.15) is 0 Å². The molecule has 1 aromatic heterocycles. The zero-order valence-corrected chi connectivity index (χ0v) is 23.2. The van der Waals surface area contributed by atoms with Crippen LogP contribution in [0.15, 0.2) is 42.5 Å². The van der Waals surface area contributed by atoms with Gasteiger partial charge in [-0.15, -0.1) is 0 Å². The lowest BCUT2D eigenvalue weighted by Gasteiger charge is -2.49. The summed E-state index contributed by atoms with van der Waals surface area (Å²) >= 11 is 0. The summed E-state index contributed by atoms with van der Waals surface area (Å²) in [4.78, 5) is 34.6. The van der Waals surface area contributed by atoms with Crippen LogP contribution in [-0.2, 0) is 11.2 Å². The number of carbonyl (C=O) groups excluding carboxylic acids is 2. The van der Waals surface area contributed by atoms with Gasteiger partial charge >= 0.3 is 6.03 Å². The van der Waals surface area contributed by atoms with Gasteiger partial charge in [-0.3, -0.25) is 4.79 Å². The van der Waals surface area contributed by atoms with Crippen LogP contribution in [-0.4, -0.2) is 63.6 Å². The van der Waals surface area contributed by atoms with Crippen molar-refractivity contribution in [2.45, 2.75) is 83.0 Å². The monoisotopic (exact) mass is 528 g/mol. The number of nitrogens with one attached hydrogen (secondary N) is 2. The van der Waals surface area contributed by atoms with E-state index in [1.165, 1.54) is 28.5 Å². The molecule has 0 spiro atoms. The Morgan fingerprint density at radius 1 is 1.15 bits per heavy atom. The predicted octanol–water partition coefficient (Wildman–Crippen LogP) is 5.31. The lowest BCUT2D eigenvalue weighted by atomic mass is 9.79. The molecule has 0 unspecified atom stereocenters. The first-order chi connectivity index (χ1) is 18.8. The summed E-state index contributed by atoms with van der Waals surface area (Å²) in [5.74, 6) is -0.705. The van der Waals surface area contributed by atoms with Crippen molar-refractivity contribution in [1.29, 1.82) is 0 Å². The summed E-state index contributed by atoms with van der Waals surface area (Å²) in [6, 6.07) is 14.5. The summed E-state index contributed by atoms with van der Waals surface area (Å²) in [5, 5.41) is 15.1. The number of piperidine rings is 1. The lowest BCUT2D eigenvalue weighted by Crippen LogP contribution is -2.61. The van der Waals surface area contributed by atoms with Gasteiger partial charge in [0.05, 0.1) is 23.6 Å². The molecule has 3 aliphatic rings. The molecule has 2 aliphatic heterocycles. The minimum absolute atomic E-state index is 0.0632. The second kappa shape index (κ2) is 10.3. The molecule has 2 fully saturated rings. The minimum Gasteiger partial charge on any atom is -0.393 e. The van der Waals surface area contributed by atoms with E-state index < -0.39 is 18.1 Å². The van der Waals surface area contributed by atoms with E-state index in [0.717, 1.165) is 48.9 Å². The fourth-order valence-corrected chi connectivity index (χ4v) is 7.29. The quantitative estimate of drug-likeness (QED) is 0.429. The third kappa shape index (κ3) is 4.61. The summed E-state index contributed by atoms with van der Waals surface area (Å²) in [6.07, 6.45) is 6.02. The van der Waals surface area contributed by atoms with Gasteiger partial charge in [0.25, 0.3) is 0 Å². The number of aryl methyl sites for hydroxylation is 1. The number of urea groups is 1. The van der Waals surface area contributed by atoms with Crippen LogP contribution >= 0.6 is 0 Å². The largest absolute Gasteiger partial charge is 0.393 e. The Morgan fingerprint density at radius 3 is 2.67 bits per heavy atom. The highest BCUT2D eigenvalue weighted by atomic mass is 16.3. The first-order valence-corrected chi connectivity index (χ1v) is 14.6. The third-order valence-corrected chi connectivity index (χ3v) is 9.33. The molecule has 7 nitrogen and oxygen atoms in total. The Hall–Kier alpha value is -3.32. The zero-order valence-electron chi connectivity index (χ0n) is 23.2. The van der Waals surface area contributed by atoms with E-state index in [9.17, 15) is 14.7 Å². The number of rotatable bonds is 4. The molecular formula is C32H40N4O3. The average molecular weight is 529 g/mol. The molecule has 3 aromatic rings. The fraction of sp³-hybridized carbons (Fsp3) is 0.500. The second-order valence-corrected chi connectivity index (χ2v) is 11.9. The number of amides is 3. The topological polar surface area (TPSA) is 88.7 Å². The van der Waals surface area contributed by atoms with Crippen LogP contribution in [0.1, 0.15) is 68.3 Å². The van der Waals surface area contributed by atoms with Gasteiger partial charge in [0.2, 0.25) is 5.91 Å². The van der Waals surface area contributed by atoms with E-state index in [2.05, 4.69) is 59.7 Å². The SMILES string of the molecule is Cc1cccc(-c2cccc3c4c([nH]c23)[C@@H]2C[C@H](N(C)C(=O)NC3CCCCC3)[C@H]([C@H](C)O)C(=O)N2CC4)c1. The van der Waals surface area contributed by atoms with Gasteiger partial charge in [-0.05, 0) is 50.7 Å². The van der Waals surface area contributed by atoms with Crippen molar-refractivity contribution >= 4 is 22.8 Å². The molecule has 3 N–H and O–H groups in total. The number of carbonyl (C=O) groups is 2. The standard InChI is InChI=1S/C32H40N4O3/c1-19-9-7-10-21(17-19)23-13-8-14-24-25-15-16-36-27(30(25)34-29(23)24)18-26(28(20(2)37)31(36)38)35(3)32(39)33-22-11-5-4-6-12-22/h7-10,13-14,17,20,22,26-28,34,37H,4-6,11-12,15-16,18H2,1-3H3,(H,33,39)/t20-,26-,27-,28-/m0/s1. The second-order valence-electron chi connectivity index (χ2n) is 11.9. The molecule has 4 atom stereocenters. The van der Waals surface area contributed by atoms with Gasteiger partial charge in [-0.1, -0.05) is 67.3 Å². The van der Waals surface area contributed by atoms with Gasteiger partial charge < -0.3 is 25.2 Å². The highest BCUT2D eigenvalue weighted by Gasteiger charge is 2.49. The first kappa shape index (κ1) is 25.9. The minimum atomic E-state index is -0.842. The third-order valence-electron chi connectivity index (χ3n) is 9.33. The van der Waals surface area contributed by atoms with E-state index in [-0.39, 0.29) is 24.0 Å². The zero-order chi connectivity index (χ0) is 27.3. The number of aromatic nitrogens is 1. The van der Waals surface area contributed by atoms with E-state index in [0.29, 0.717) is 13.0 Å². The Morgan fingerprint density at radius 2 is 1.92 bits per heavy atom. The van der Waals surface area contributed by atoms with Crippen LogP contribution in [0.4, 0.5) is 4.79 Å². The molecule has 39 heavy (non-hydrogen) atoms. The maximum Gasteiger partial charge on any atom is 0.317 e. The predicted molar refractivity (Wildman–Crippen MR) is 153 cm³/mol. The summed E-state index contributed by atoms with van der Waals surface area (Å²) in [7, 11) is 1.78. The number of hydrogen-bond donors (Lipinski definition) is 3. The number of nitrogens with zero attached hydrogens (tertiary/aromatic N) is 2. The van der Waals surface area contributed by atoms with Gasteiger partial charge in [-0.25, -0.2) is 4.79 Å². The smallest absolute Gasteiger partial charge is 0.317 e. The number of aromatic amines is 1. The maximum absolute atomic E-state index is 13.9. The summed E-state index contributed by atoms with van der Waals surface area (Å²) < 4.78 is 0. The number of para-hydroxylation sites is 1. The average Bonchev–Trinajstić information content (AvgIpc) is 3.32. The first-order valence-electron chi connectivity index (χ1n) is 14.6. The molecule has 0 radical (unpaired) electrons. The van der Waals surface area contributed by atoms with Crippen molar-refractivity contribution < 1.29 is 14.7 Å². The molecular weight excluding hydrogens is 488 g/mol. The van der Waals surface area contributed by atoms with E-state index in [4.69, 9.17) is 0 Å². The van der Waals surface area contributed by atoms with Crippen LogP contribution in [0.3, 0.4) is 0 Å². The highest BCUT2D eigenvalue weighted by Crippen LogP contribution is 2.44. The van der Waals surface area contributed by atoms with Gasteiger partial charge in [0.1, 0.15) is 0 Å². The number of aliphatic hydroxyl groups is 1. The van der Waals surface area contributed by atoms with Crippen LogP contribution < -0.4 is 5.32 Å². The normalized spacial score (nSPS) is 24.3. The van der Waals surface area contributed by atoms with Crippen LogP contribution in [0.5, 0.6) is 0 Å². The lowest BCUT2D eigenvalue weighted by molar-refractivity contribution is -0.151.